The summed E-state index contributed by atoms with van der Waals surface area (Å²) in [6, 6.07) is 70.6. The summed E-state index contributed by atoms with van der Waals surface area (Å²) in [5.41, 5.74) is 17.1. The molecule has 0 bridgehead atoms. The lowest BCUT2D eigenvalue weighted by molar-refractivity contribution is 1.37. The molecule has 0 N–H and O–H groups in total. The Bertz CT molecular complexity index is 3770. The Kier molecular flexibility index (Phi) is 6.23. The highest BCUT2D eigenvalue weighted by atomic mass is 14.9. The Morgan fingerprint density at radius 1 is 0.276 bits per heavy atom. The second kappa shape index (κ2) is 11.6. The van der Waals surface area contributed by atoms with Gasteiger partial charge in [-0.05, 0) is 123 Å². The third-order valence-electron chi connectivity index (χ3n) is 12.5. The van der Waals surface area contributed by atoms with E-state index in [9.17, 15) is 5.26 Å². The molecule has 0 amide bonds. The van der Waals surface area contributed by atoms with E-state index in [1.165, 1.54) is 87.3 Å². The van der Waals surface area contributed by atoms with Crippen LogP contribution in [0.25, 0.3) is 121 Å². The Labute approximate surface area is 333 Å². The number of nitriles is 1. The van der Waals surface area contributed by atoms with E-state index in [1.54, 1.807) is 0 Å². The van der Waals surface area contributed by atoms with Crippen LogP contribution in [0.15, 0.2) is 188 Å². The van der Waals surface area contributed by atoms with Crippen LogP contribution in [0.4, 0.5) is 0 Å². The minimum Gasteiger partial charge on any atom is -0.308 e. The standard InChI is InChI=1S/C55H31N3/c56-32-33-23-38(34-11-2-1-3-12-34)26-39(24-33)36-14-10-13-35(25-36)37-21-22-53-45(27-37)49-31-41(30-48-44-17-6-9-20-52(44)58(53)55(48)49)40-28-46-42-15-4-7-18-50(42)57-51-19-8-5-16-43(51)47(29-40)54(46)57/h1-31H. The number of fused-ring (bicyclic) bond motifs is 12. The molecule has 3 heteroatoms. The van der Waals surface area contributed by atoms with E-state index < -0.39 is 0 Å². The molecule has 0 atom stereocenters. The van der Waals surface area contributed by atoms with Crippen molar-refractivity contribution < 1.29 is 0 Å². The molecule has 0 aliphatic rings. The Morgan fingerprint density at radius 3 is 1.21 bits per heavy atom. The predicted molar refractivity (Wildman–Crippen MR) is 242 cm³/mol. The largest absolute Gasteiger partial charge is 0.308 e. The first-order valence-corrected chi connectivity index (χ1v) is 19.8. The van der Waals surface area contributed by atoms with Crippen molar-refractivity contribution in [3.63, 3.8) is 0 Å². The molecule has 0 aliphatic carbocycles. The highest BCUT2D eigenvalue weighted by Crippen LogP contribution is 2.46. The molecule has 4 heterocycles. The van der Waals surface area contributed by atoms with Crippen molar-refractivity contribution in [3.8, 4) is 50.6 Å². The zero-order chi connectivity index (χ0) is 38.1. The molecule has 0 spiro atoms. The van der Waals surface area contributed by atoms with Gasteiger partial charge >= 0.3 is 0 Å². The molecule has 0 aliphatic heterocycles. The second-order valence-electron chi connectivity index (χ2n) is 15.7. The van der Waals surface area contributed by atoms with Gasteiger partial charge in [0.05, 0.1) is 44.7 Å². The second-order valence-corrected chi connectivity index (χ2v) is 15.7. The van der Waals surface area contributed by atoms with Gasteiger partial charge in [-0.3, -0.25) is 0 Å². The van der Waals surface area contributed by atoms with Gasteiger partial charge in [0, 0.05) is 43.1 Å². The van der Waals surface area contributed by atoms with Crippen molar-refractivity contribution >= 4 is 76.2 Å². The molecule has 3 nitrogen and oxygen atoms in total. The third-order valence-corrected chi connectivity index (χ3v) is 12.5. The van der Waals surface area contributed by atoms with Crippen molar-refractivity contribution in [2.45, 2.75) is 0 Å². The first kappa shape index (κ1) is 31.3. The van der Waals surface area contributed by atoms with Gasteiger partial charge in [0.1, 0.15) is 0 Å². The number of hydrogen-bond acceptors (Lipinski definition) is 1. The minimum absolute atomic E-state index is 0.653. The summed E-state index contributed by atoms with van der Waals surface area (Å²) >= 11 is 0. The summed E-state index contributed by atoms with van der Waals surface area (Å²) in [4.78, 5) is 0. The average molecular weight is 734 g/mol. The van der Waals surface area contributed by atoms with E-state index in [0.29, 0.717) is 5.56 Å². The maximum Gasteiger partial charge on any atom is 0.0992 e. The summed E-state index contributed by atoms with van der Waals surface area (Å²) in [6.45, 7) is 0. The van der Waals surface area contributed by atoms with Crippen molar-refractivity contribution in [2.75, 3.05) is 0 Å². The van der Waals surface area contributed by atoms with E-state index >= 15 is 0 Å². The number of nitrogens with zero attached hydrogens (tertiary/aromatic N) is 3. The number of hydrogen-bond donors (Lipinski definition) is 0. The van der Waals surface area contributed by atoms with Gasteiger partial charge in [-0.15, -0.1) is 0 Å². The topological polar surface area (TPSA) is 32.6 Å². The molecule has 0 fully saturated rings. The van der Waals surface area contributed by atoms with E-state index in [1.807, 2.05) is 30.3 Å². The maximum atomic E-state index is 9.97. The van der Waals surface area contributed by atoms with Crippen LogP contribution in [-0.4, -0.2) is 8.80 Å². The fourth-order valence-electron chi connectivity index (χ4n) is 10.00. The lowest BCUT2D eigenvalue weighted by atomic mass is 9.93. The molecule has 266 valence electrons. The normalized spacial score (nSPS) is 12.1. The molecule has 0 saturated heterocycles. The number of para-hydroxylation sites is 3. The van der Waals surface area contributed by atoms with Gasteiger partial charge in [0.15, 0.2) is 0 Å². The highest BCUT2D eigenvalue weighted by Gasteiger charge is 2.22. The smallest absolute Gasteiger partial charge is 0.0992 e. The number of benzene rings is 9. The predicted octanol–water partition coefficient (Wildman–Crippen LogP) is 14.5. The van der Waals surface area contributed by atoms with E-state index in [2.05, 4.69) is 173 Å². The van der Waals surface area contributed by atoms with Gasteiger partial charge in [0.25, 0.3) is 0 Å². The van der Waals surface area contributed by atoms with Crippen LogP contribution in [0.3, 0.4) is 0 Å². The van der Waals surface area contributed by atoms with Gasteiger partial charge in [-0.25, -0.2) is 0 Å². The van der Waals surface area contributed by atoms with Gasteiger partial charge < -0.3 is 8.80 Å². The van der Waals surface area contributed by atoms with Crippen molar-refractivity contribution in [1.29, 1.82) is 5.26 Å². The zero-order valence-electron chi connectivity index (χ0n) is 31.2. The van der Waals surface area contributed by atoms with Crippen molar-refractivity contribution in [1.82, 2.24) is 8.80 Å². The molecule has 13 rings (SSSR count). The molecule has 0 unspecified atom stereocenters. The third kappa shape index (κ3) is 4.26. The van der Waals surface area contributed by atoms with Gasteiger partial charge in [-0.1, -0.05) is 109 Å². The van der Waals surface area contributed by atoms with Crippen LogP contribution in [0.2, 0.25) is 0 Å². The quantitative estimate of drug-likeness (QED) is 0.177. The van der Waals surface area contributed by atoms with Crippen LogP contribution in [0.5, 0.6) is 0 Å². The maximum absolute atomic E-state index is 9.97. The Balaban J connectivity index is 1.03. The molecular formula is C55H31N3. The molecule has 0 radical (unpaired) electrons. The number of aromatic nitrogens is 2. The van der Waals surface area contributed by atoms with E-state index in [0.717, 1.165) is 33.4 Å². The number of rotatable bonds is 4. The lowest BCUT2D eigenvalue weighted by Crippen LogP contribution is -1.87. The average Bonchev–Trinajstić information content (AvgIpc) is 4.02. The molecule has 58 heavy (non-hydrogen) atoms. The van der Waals surface area contributed by atoms with Crippen molar-refractivity contribution in [3.05, 3.63) is 194 Å². The highest BCUT2D eigenvalue weighted by molar-refractivity contribution is 6.27. The lowest BCUT2D eigenvalue weighted by Gasteiger charge is -2.10. The fourth-order valence-corrected chi connectivity index (χ4v) is 10.00. The minimum atomic E-state index is 0.653. The monoisotopic (exact) mass is 733 g/mol. The van der Waals surface area contributed by atoms with E-state index in [-0.39, 0.29) is 0 Å². The molecular weight excluding hydrogens is 703 g/mol. The fraction of sp³-hybridized carbons (Fsp3) is 0. The van der Waals surface area contributed by atoms with Gasteiger partial charge in [-0.2, -0.15) is 5.26 Å². The van der Waals surface area contributed by atoms with Gasteiger partial charge in [0.2, 0.25) is 0 Å². The van der Waals surface area contributed by atoms with Crippen LogP contribution >= 0.6 is 0 Å². The molecule has 4 aromatic heterocycles. The SMILES string of the molecule is N#Cc1cc(-c2ccccc2)cc(-c2cccc(-c3ccc4c(c3)c3cc(-c5cc6c7ccccc7n7c8ccccc8c(c5)c67)cc5c6ccccc6n4c53)c2)c1. The van der Waals surface area contributed by atoms with Crippen LogP contribution in [-0.2, 0) is 0 Å². The summed E-state index contributed by atoms with van der Waals surface area (Å²) in [7, 11) is 0. The van der Waals surface area contributed by atoms with Crippen LogP contribution in [0.1, 0.15) is 5.56 Å². The van der Waals surface area contributed by atoms with Crippen LogP contribution in [0, 0.1) is 11.3 Å². The van der Waals surface area contributed by atoms with E-state index in [4.69, 9.17) is 0 Å². The Morgan fingerprint density at radius 2 is 0.655 bits per heavy atom. The molecule has 13 aromatic rings. The first-order chi connectivity index (χ1) is 28.7. The Hall–Kier alpha value is -7.93. The zero-order valence-corrected chi connectivity index (χ0v) is 31.2. The molecule has 0 saturated carbocycles. The van der Waals surface area contributed by atoms with Crippen molar-refractivity contribution in [2.24, 2.45) is 0 Å². The summed E-state index contributed by atoms with van der Waals surface area (Å²) in [6.07, 6.45) is 0. The van der Waals surface area contributed by atoms with Crippen LogP contribution < -0.4 is 0 Å². The first-order valence-electron chi connectivity index (χ1n) is 19.8. The summed E-state index contributed by atoms with van der Waals surface area (Å²) < 4.78 is 4.91. The summed E-state index contributed by atoms with van der Waals surface area (Å²) in [5, 5.41) is 20.1. The molecule has 9 aromatic carbocycles. The summed E-state index contributed by atoms with van der Waals surface area (Å²) in [5.74, 6) is 0.